The van der Waals surface area contributed by atoms with E-state index in [1.54, 1.807) is 0 Å². The molecule has 1 unspecified atom stereocenters. The predicted molar refractivity (Wildman–Crippen MR) is 75.7 cm³/mol. The van der Waals surface area contributed by atoms with E-state index < -0.39 is 0 Å². The molecule has 0 fully saturated rings. The number of rotatable bonds is 9. The van der Waals surface area contributed by atoms with Crippen LogP contribution in [0, 0.1) is 0 Å². The first kappa shape index (κ1) is 14.9. The van der Waals surface area contributed by atoms with Crippen molar-refractivity contribution in [2.24, 2.45) is 0 Å². The Hall–Kier alpha value is -1.12. The minimum absolute atomic E-state index is 0.201. The molecule has 0 aliphatic carbocycles. The highest BCUT2D eigenvalue weighted by Crippen LogP contribution is 2.20. The van der Waals surface area contributed by atoms with Crippen LogP contribution in [0.3, 0.4) is 0 Å². The standard InChI is InChI=1S/C16H24O2/c1-4-16(15-9-6-5-7-10-15)18-12-8-11-17-13-14(2)3/h5-7,9-10,16H,2,4,8,11-13H2,1,3H3. The average molecular weight is 248 g/mol. The number of benzene rings is 1. The van der Waals surface area contributed by atoms with Crippen LogP contribution in [-0.2, 0) is 9.47 Å². The Morgan fingerprint density at radius 3 is 2.56 bits per heavy atom. The van der Waals surface area contributed by atoms with Gasteiger partial charge < -0.3 is 9.47 Å². The van der Waals surface area contributed by atoms with Crippen molar-refractivity contribution in [3.8, 4) is 0 Å². The Labute approximate surface area is 111 Å². The first-order valence-electron chi connectivity index (χ1n) is 6.62. The van der Waals surface area contributed by atoms with Gasteiger partial charge in [-0.05, 0) is 25.3 Å². The molecule has 0 aliphatic heterocycles. The third-order valence-corrected chi connectivity index (χ3v) is 2.64. The van der Waals surface area contributed by atoms with Gasteiger partial charge in [0.25, 0.3) is 0 Å². The Morgan fingerprint density at radius 2 is 1.94 bits per heavy atom. The monoisotopic (exact) mass is 248 g/mol. The summed E-state index contributed by atoms with van der Waals surface area (Å²) < 4.78 is 11.3. The highest BCUT2D eigenvalue weighted by atomic mass is 16.5. The van der Waals surface area contributed by atoms with Gasteiger partial charge in [-0.2, -0.15) is 0 Å². The second-order valence-electron chi connectivity index (χ2n) is 4.54. The smallest absolute Gasteiger partial charge is 0.0822 e. The minimum atomic E-state index is 0.201. The maximum absolute atomic E-state index is 5.88. The minimum Gasteiger partial charge on any atom is -0.377 e. The molecule has 0 N–H and O–H groups in total. The predicted octanol–water partition coefficient (Wildman–Crippen LogP) is 4.14. The SMILES string of the molecule is C=C(C)COCCCOC(CC)c1ccccc1. The summed E-state index contributed by atoms with van der Waals surface area (Å²) in [6, 6.07) is 10.4. The molecule has 1 aromatic rings. The Bertz CT molecular complexity index is 332. The highest BCUT2D eigenvalue weighted by molar-refractivity contribution is 5.17. The molecule has 0 saturated heterocycles. The van der Waals surface area contributed by atoms with Gasteiger partial charge in [0, 0.05) is 13.2 Å². The zero-order valence-electron chi connectivity index (χ0n) is 11.5. The van der Waals surface area contributed by atoms with Crippen molar-refractivity contribution in [1.82, 2.24) is 0 Å². The van der Waals surface area contributed by atoms with E-state index in [9.17, 15) is 0 Å². The molecule has 1 rings (SSSR count). The molecule has 0 aromatic heterocycles. The maximum atomic E-state index is 5.88. The average Bonchev–Trinajstić information content (AvgIpc) is 2.38. The molecule has 0 radical (unpaired) electrons. The van der Waals surface area contributed by atoms with Gasteiger partial charge in [-0.25, -0.2) is 0 Å². The molecular weight excluding hydrogens is 224 g/mol. The first-order valence-corrected chi connectivity index (χ1v) is 6.62. The first-order chi connectivity index (χ1) is 8.74. The lowest BCUT2D eigenvalue weighted by Crippen LogP contribution is -2.07. The summed E-state index contributed by atoms with van der Waals surface area (Å²) in [5, 5.41) is 0. The maximum Gasteiger partial charge on any atom is 0.0822 e. The fourth-order valence-electron chi connectivity index (χ4n) is 1.75. The van der Waals surface area contributed by atoms with E-state index in [0.717, 1.165) is 31.6 Å². The summed E-state index contributed by atoms with van der Waals surface area (Å²) in [6.45, 7) is 10.0. The molecule has 1 aromatic carbocycles. The second kappa shape index (κ2) is 8.90. The fraction of sp³-hybridized carbons (Fsp3) is 0.500. The van der Waals surface area contributed by atoms with Crippen LogP contribution in [0.15, 0.2) is 42.5 Å². The quantitative estimate of drug-likeness (QED) is 0.483. The van der Waals surface area contributed by atoms with Crippen LogP contribution in [0.1, 0.15) is 38.4 Å². The van der Waals surface area contributed by atoms with Crippen molar-refractivity contribution in [3.05, 3.63) is 48.0 Å². The third-order valence-electron chi connectivity index (χ3n) is 2.64. The van der Waals surface area contributed by atoms with Crippen LogP contribution in [0.4, 0.5) is 0 Å². The summed E-state index contributed by atoms with van der Waals surface area (Å²) in [7, 11) is 0. The molecule has 1 atom stereocenters. The zero-order chi connectivity index (χ0) is 13.2. The summed E-state index contributed by atoms with van der Waals surface area (Å²) in [4.78, 5) is 0. The normalized spacial score (nSPS) is 12.3. The van der Waals surface area contributed by atoms with Crippen LogP contribution in [0.25, 0.3) is 0 Å². The van der Waals surface area contributed by atoms with Crippen molar-refractivity contribution in [3.63, 3.8) is 0 Å². The Morgan fingerprint density at radius 1 is 1.22 bits per heavy atom. The van der Waals surface area contributed by atoms with Gasteiger partial charge in [-0.3, -0.25) is 0 Å². The van der Waals surface area contributed by atoms with Crippen LogP contribution < -0.4 is 0 Å². The molecule has 2 nitrogen and oxygen atoms in total. The molecule has 0 saturated carbocycles. The molecule has 2 heteroatoms. The third kappa shape index (κ3) is 5.99. The van der Waals surface area contributed by atoms with Crippen LogP contribution in [0.5, 0.6) is 0 Å². The van der Waals surface area contributed by atoms with Crippen LogP contribution in [0.2, 0.25) is 0 Å². The molecular formula is C16H24O2. The van der Waals surface area contributed by atoms with E-state index in [1.165, 1.54) is 5.56 Å². The second-order valence-corrected chi connectivity index (χ2v) is 4.54. The van der Waals surface area contributed by atoms with E-state index in [1.807, 2.05) is 13.0 Å². The van der Waals surface area contributed by atoms with E-state index in [0.29, 0.717) is 6.61 Å². The molecule has 0 spiro atoms. The van der Waals surface area contributed by atoms with Gasteiger partial charge in [0.15, 0.2) is 0 Å². The van der Waals surface area contributed by atoms with Crippen molar-refractivity contribution >= 4 is 0 Å². The molecule has 0 amide bonds. The molecule has 18 heavy (non-hydrogen) atoms. The number of hydrogen-bond acceptors (Lipinski definition) is 2. The van der Waals surface area contributed by atoms with Gasteiger partial charge in [0.1, 0.15) is 0 Å². The summed E-state index contributed by atoms with van der Waals surface area (Å²) in [5.74, 6) is 0. The Balaban J connectivity index is 2.19. The van der Waals surface area contributed by atoms with Gasteiger partial charge in [-0.15, -0.1) is 0 Å². The highest BCUT2D eigenvalue weighted by Gasteiger charge is 2.08. The summed E-state index contributed by atoms with van der Waals surface area (Å²) >= 11 is 0. The van der Waals surface area contributed by atoms with E-state index in [-0.39, 0.29) is 6.10 Å². The Kier molecular flexibility index (Phi) is 7.38. The van der Waals surface area contributed by atoms with Gasteiger partial charge >= 0.3 is 0 Å². The van der Waals surface area contributed by atoms with Gasteiger partial charge in [0.2, 0.25) is 0 Å². The topological polar surface area (TPSA) is 18.5 Å². The molecule has 0 aliphatic rings. The van der Waals surface area contributed by atoms with Crippen molar-refractivity contribution in [1.29, 1.82) is 0 Å². The van der Waals surface area contributed by atoms with Crippen molar-refractivity contribution in [2.45, 2.75) is 32.8 Å². The van der Waals surface area contributed by atoms with E-state index >= 15 is 0 Å². The van der Waals surface area contributed by atoms with Gasteiger partial charge in [0.05, 0.1) is 12.7 Å². The van der Waals surface area contributed by atoms with E-state index in [2.05, 4.69) is 37.8 Å². The molecule has 100 valence electrons. The number of ether oxygens (including phenoxy) is 2. The largest absolute Gasteiger partial charge is 0.377 e. The zero-order valence-corrected chi connectivity index (χ0v) is 11.5. The summed E-state index contributed by atoms with van der Waals surface area (Å²) in [5.41, 5.74) is 2.31. The summed E-state index contributed by atoms with van der Waals surface area (Å²) in [6.07, 6.45) is 2.13. The van der Waals surface area contributed by atoms with E-state index in [4.69, 9.17) is 9.47 Å². The van der Waals surface area contributed by atoms with Gasteiger partial charge in [-0.1, -0.05) is 49.4 Å². The molecule has 0 bridgehead atoms. The lowest BCUT2D eigenvalue weighted by molar-refractivity contribution is 0.0328. The molecule has 0 heterocycles. The lowest BCUT2D eigenvalue weighted by atomic mass is 10.1. The van der Waals surface area contributed by atoms with Crippen LogP contribution >= 0.6 is 0 Å². The fourth-order valence-corrected chi connectivity index (χ4v) is 1.75. The van der Waals surface area contributed by atoms with Crippen molar-refractivity contribution in [2.75, 3.05) is 19.8 Å². The lowest BCUT2D eigenvalue weighted by Gasteiger charge is -2.16. The number of hydrogen-bond donors (Lipinski definition) is 0. The van der Waals surface area contributed by atoms with Crippen LogP contribution in [-0.4, -0.2) is 19.8 Å². The van der Waals surface area contributed by atoms with Crippen molar-refractivity contribution < 1.29 is 9.47 Å².